The van der Waals surface area contributed by atoms with Crippen LogP contribution >= 0.6 is 0 Å². The zero-order chi connectivity index (χ0) is 17.5. The number of esters is 1. The predicted molar refractivity (Wildman–Crippen MR) is 91.8 cm³/mol. The van der Waals surface area contributed by atoms with Crippen LogP contribution in [0.4, 0.5) is 0 Å². The first-order valence-electron chi connectivity index (χ1n) is 9.23. The Morgan fingerprint density at radius 1 is 1.08 bits per heavy atom. The molecule has 5 heteroatoms. The van der Waals surface area contributed by atoms with Crippen LogP contribution in [0, 0.1) is 0 Å². The Morgan fingerprint density at radius 3 is 2.64 bits per heavy atom. The maximum absolute atomic E-state index is 11.5. The van der Waals surface area contributed by atoms with Crippen LogP contribution < -0.4 is 0 Å². The van der Waals surface area contributed by atoms with E-state index >= 15 is 0 Å². The van der Waals surface area contributed by atoms with Crippen molar-refractivity contribution < 1.29 is 23.8 Å². The topological polar surface area (TPSA) is 61.8 Å². The Morgan fingerprint density at radius 2 is 1.88 bits per heavy atom. The van der Waals surface area contributed by atoms with Crippen LogP contribution in [0.2, 0.25) is 0 Å². The first-order chi connectivity index (χ1) is 12.2. The van der Waals surface area contributed by atoms with E-state index in [4.69, 9.17) is 14.2 Å². The third kappa shape index (κ3) is 5.38. The average molecular weight is 346 g/mol. The van der Waals surface area contributed by atoms with Crippen molar-refractivity contribution in [1.82, 2.24) is 0 Å². The number of rotatable bonds is 7. The first-order valence-corrected chi connectivity index (χ1v) is 9.23. The van der Waals surface area contributed by atoms with Gasteiger partial charge in [-0.2, -0.15) is 0 Å². The maximum Gasteiger partial charge on any atom is 0.306 e. The van der Waals surface area contributed by atoms with Gasteiger partial charge in [-0.3, -0.25) is 4.79 Å². The van der Waals surface area contributed by atoms with E-state index in [1.807, 2.05) is 30.3 Å². The van der Waals surface area contributed by atoms with Gasteiger partial charge in [-0.1, -0.05) is 30.3 Å². The molecule has 3 rings (SSSR count). The summed E-state index contributed by atoms with van der Waals surface area (Å²) in [6.45, 7) is 0. The molecule has 136 valence electrons. The van der Waals surface area contributed by atoms with Crippen LogP contribution in [-0.4, -0.2) is 30.6 Å². The lowest BCUT2D eigenvalue weighted by Gasteiger charge is -2.37. The number of unbranched alkanes of at least 4 members (excludes halogenated alkanes) is 1. The molecular formula is C20H26O5. The van der Waals surface area contributed by atoms with Crippen LogP contribution in [-0.2, 0) is 23.8 Å². The molecule has 25 heavy (non-hydrogen) atoms. The molecule has 1 aromatic rings. The van der Waals surface area contributed by atoms with E-state index in [2.05, 4.69) is 0 Å². The van der Waals surface area contributed by atoms with Crippen LogP contribution in [0.3, 0.4) is 0 Å². The number of hydrogen-bond donors (Lipinski definition) is 0. The normalized spacial score (nSPS) is 29.8. The number of ether oxygens (including phenoxy) is 3. The number of carbonyl (C=O) groups is 2. The zero-order valence-corrected chi connectivity index (χ0v) is 14.5. The highest BCUT2D eigenvalue weighted by molar-refractivity contribution is 5.70. The third-order valence-corrected chi connectivity index (χ3v) is 4.81. The minimum absolute atomic E-state index is 0.00362. The van der Waals surface area contributed by atoms with E-state index in [9.17, 15) is 9.59 Å². The van der Waals surface area contributed by atoms with Crippen molar-refractivity contribution in [2.45, 2.75) is 76.0 Å². The SMILES string of the molecule is O=CCCC[C@@H]1C[C@H](C[C@H]2CCCC(=O)O2)O[C@H](c2ccccc2)O1. The summed E-state index contributed by atoms with van der Waals surface area (Å²) in [6, 6.07) is 9.89. The second kappa shape index (κ2) is 9.11. The molecule has 0 radical (unpaired) electrons. The lowest BCUT2D eigenvalue weighted by atomic mass is 9.96. The number of benzene rings is 1. The number of aldehydes is 1. The van der Waals surface area contributed by atoms with E-state index in [0.29, 0.717) is 19.3 Å². The monoisotopic (exact) mass is 346 g/mol. The molecule has 0 aliphatic carbocycles. The minimum Gasteiger partial charge on any atom is -0.462 e. The Balaban J connectivity index is 1.63. The number of carbonyl (C=O) groups excluding carboxylic acids is 2. The van der Waals surface area contributed by atoms with Crippen molar-refractivity contribution in [3.8, 4) is 0 Å². The summed E-state index contributed by atoms with van der Waals surface area (Å²) in [5.41, 5.74) is 0.994. The Bertz CT molecular complexity index is 558. The van der Waals surface area contributed by atoms with Crippen molar-refractivity contribution in [2.75, 3.05) is 0 Å². The zero-order valence-electron chi connectivity index (χ0n) is 14.5. The van der Waals surface area contributed by atoms with Gasteiger partial charge < -0.3 is 19.0 Å². The molecule has 0 amide bonds. The van der Waals surface area contributed by atoms with E-state index in [1.54, 1.807) is 0 Å². The summed E-state index contributed by atoms with van der Waals surface area (Å²) in [6.07, 6.45) is 6.55. The second-order valence-corrected chi connectivity index (χ2v) is 6.83. The molecule has 2 saturated heterocycles. The average Bonchev–Trinajstić information content (AvgIpc) is 2.63. The molecule has 0 N–H and O–H groups in total. The molecule has 0 saturated carbocycles. The Labute approximate surface area is 148 Å². The van der Waals surface area contributed by atoms with Gasteiger partial charge >= 0.3 is 5.97 Å². The summed E-state index contributed by atoms with van der Waals surface area (Å²) in [4.78, 5) is 22.1. The third-order valence-electron chi connectivity index (χ3n) is 4.81. The number of hydrogen-bond acceptors (Lipinski definition) is 5. The van der Waals surface area contributed by atoms with Crippen LogP contribution in [0.1, 0.15) is 63.2 Å². The van der Waals surface area contributed by atoms with Crippen LogP contribution in [0.15, 0.2) is 30.3 Å². The summed E-state index contributed by atoms with van der Waals surface area (Å²) >= 11 is 0. The van der Waals surface area contributed by atoms with Crippen molar-refractivity contribution in [3.63, 3.8) is 0 Å². The standard InChI is InChI=1S/C20H26O5/c21-12-5-4-9-17-14-18(13-16-10-6-11-19(22)23-16)25-20(24-17)15-7-2-1-3-8-15/h1-3,7-8,12,16-18,20H,4-6,9-11,13-14H2/t16-,17-,18+,20-/m1/s1. The fourth-order valence-corrected chi connectivity index (χ4v) is 3.56. The van der Waals surface area contributed by atoms with Crippen molar-refractivity contribution >= 4 is 12.3 Å². The number of cyclic esters (lactones) is 1. The van der Waals surface area contributed by atoms with Gasteiger partial charge in [-0.25, -0.2) is 0 Å². The van der Waals surface area contributed by atoms with Gasteiger partial charge in [0.25, 0.3) is 0 Å². The van der Waals surface area contributed by atoms with Gasteiger partial charge in [0.2, 0.25) is 0 Å². The Kier molecular flexibility index (Phi) is 6.59. The summed E-state index contributed by atoms with van der Waals surface area (Å²) in [5.74, 6) is -0.106. The summed E-state index contributed by atoms with van der Waals surface area (Å²) in [7, 11) is 0. The van der Waals surface area contributed by atoms with Gasteiger partial charge in [0, 0.05) is 31.2 Å². The highest BCUT2D eigenvalue weighted by atomic mass is 16.7. The van der Waals surface area contributed by atoms with Crippen molar-refractivity contribution in [2.24, 2.45) is 0 Å². The molecule has 5 nitrogen and oxygen atoms in total. The van der Waals surface area contributed by atoms with E-state index in [1.165, 1.54) is 0 Å². The van der Waals surface area contributed by atoms with Gasteiger partial charge in [0.1, 0.15) is 12.4 Å². The fourth-order valence-electron chi connectivity index (χ4n) is 3.56. The van der Waals surface area contributed by atoms with Crippen molar-refractivity contribution in [1.29, 1.82) is 0 Å². The molecular weight excluding hydrogens is 320 g/mol. The lowest BCUT2D eigenvalue weighted by Crippen LogP contribution is -2.37. The first kappa shape index (κ1) is 18.1. The van der Waals surface area contributed by atoms with Crippen LogP contribution in [0.25, 0.3) is 0 Å². The van der Waals surface area contributed by atoms with Gasteiger partial charge in [-0.05, 0) is 25.7 Å². The van der Waals surface area contributed by atoms with Gasteiger partial charge in [0.15, 0.2) is 6.29 Å². The van der Waals surface area contributed by atoms with E-state index < -0.39 is 6.29 Å². The molecule has 2 aliphatic heterocycles. The van der Waals surface area contributed by atoms with Crippen molar-refractivity contribution in [3.05, 3.63) is 35.9 Å². The van der Waals surface area contributed by atoms with Gasteiger partial charge in [0.05, 0.1) is 12.2 Å². The molecule has 2 heterocycles. The quantitative estimate of drug-likeness (QED) is 0.428. The highest BCUT2D eigenvalue weighted by Crippen LogP contribution is 2.34. The van der Waals surface area contributed by atoms with E-state index in [0.717, 1.165) is 44.0 Å². The molecule has 4 atom stereocenters. The molecule has 2 aliphatic rings. The van der Waals surface area contributed by atoms with E-state index in [-0.39, 0.29) is 24.3 Å². The molecule has 2 fully saturated rings. The summed E-state index contributed by atoms with van der Waals surface area (Å²) < 4.78 is 17.7. The largest absolute Gasteiger partial charge is 0.462 e. The molecule has 0 aromatic heterocycles. The predicted octanol–water partition coefficient (Wildman–Crippen LogP) is 3.71. The smallest absolute Gasteiger partial charge is 0.306 e. The van der Waals surface area contributed by atoms with Gasteiger partial charge in [-0.15, -0.1) is 0 Å². The molecule has 0 bridgehead atoms. The van der Waals surface area contributed by atoms with Crippen LogP contribution in [0.5, 0.6) is 0 Å². The molecule has 0 unspecified atom stereocenters. The lowest BCUT2D eigenvalue weighted by molar-refractivity contribution is -0.254. The Hall–Kier alpha value is -1.72. The second-order valence-electron chi connectivity index (χ2n) is 6.83. The highest BCUT2D eigenvalue weighted by Gasteiger charge is 2.33. The molecule has 0 spiro atoms. The fraction of sp³-hybridized carbons (Fsp3) is 0.600. The molecule has 1 aromatic carbocycles. The minimum atomic E-state index is -0.402. The maximum atomic E-state index is 11.5. The summed E-state index contributed by atoms with van der Waals surface area (Å²) in [5, 5.41) is 0.